The first-order valence-corrected chi connectivity index (χ1v) is 17.8. The molecule has 6 amide bonds. The highest BCUT2D eigenvalue weighted by molar-refractivity contribution is 6.37. The molecule has 1 saturated carbocycles. The minimum atomic E-state index is -1.11. The molecule has 2 saturated heterocycles. The highest BCUT2D eigenvalue weighted by Crippen LogP contribution is 2.35. The molecule has 276 valence electrons. The molecule has 1 aliphatic carbocycles. The van der Waals surface area contributed by atoms with E-state index >= 15 is 0 Å². The number of likely N-dealkylation sites (tertiary alicyclic amines) is 1. The molecule has 1 aromatic rings. The number of primary amides is 1. The van der Waals surface area contributed by atoms with Crippen LogP contribution < -0.4 is 26.6 Å². The van der Waals surface area contributed by atoms with E-state index in [0.717, 1.165) is 12.8 Å². The van der Waals surface area contributed by atoms with Crippen molar-refractivity contribution in [2.24, 2.45) is 34.8 Å². The second-order valence-electron chi connectivity index (χ2n) is 15.6. The summed E-state index contributed by atoms with van der Waals surface area (Å²) in [6, 6.07) is -2.78. The molecule has 3 aliphatic rings. The summed E-state index contributed by atoms with van der Waals surface area (Å²) < 4.78 is 0. The first kappa shape index (κ1) is 38.5. The quantitative estimate of drug-likeness (QED) is 0.218. The van der Waals surface area contributed by atoms with Gasteiger partial charge in [-0.3, -0.25) is 24.0 Å². The summed E-state index contributed by atoms with van der Waals surface area (Å²) in [6.07, 6.45) is 6.04. The van der Waals surface area contributed by atoms with Gasteiger partial charge < -0.3 is 36.4 Å². The maximum atomic E-state index is 14.3. The van der Waals surface area contributed by atoms with Gasteiger partial charge in [0, 0.05) is 45.1 Å². The number of piperazine rings is 1. The standard InChI is InChI=1S/C35H55N9O6/c1-20(2)23-11-14-44(26(23)30(47)39-24(19-22-9-10-22)27(45)29(36)46)32(49)28(35(5,6)7)41-34(50)40-25(21(3)4)31(48)42-15-17-43(18-16-42)33-37-12-8-13-38-33/h8,12-13,20-26,28H,9-11,14-19H2,1-7H3,(H2,36,46)(H,39,47)(H2,40,41,50)/t23-,24?,25+,26+,28-/m1/s1. The van der Waals surface area contributed by atoms with Gasteiger partial charge in [-0.2, -0.15) is 0 Å². The van der Waals surface area contributed by atoms with E-state index in [0.29, 0.717) is 45.0 Å². The molecule has 4 rings (SSSR count). The number of carbonyl (C=O) groups excluding carboxylic acids is 6. The lowest BCUT2D eigenvalue weighted by Gasteiger charge is -2.38. The van der Waals surface area contributed by atoms with Gasteiger partial charge in [-0.25, -0.2) is 14.8 Å². The molecule has 2 aliphatic heterocycles. The third-order valence-corrected chi connectivity index (χ3v) is 10.0. The van der Waals surface area contributed by atoms with Crippen molar-refractivity contribution in [1.29, 1.82) is 0 Å². The largest absolute Gasteiger partial charge is 0.363 e. The predicted molar refractivity (Wildman–Crippen MR) is 186 cm³/mol. The molecule has 1 unspecified atom stereocenters. The maximum absolute atomic E-state index is 14.3. The number of ketones is 1. The van der Waals surface area contributed by atoms with Crippen molar-refractivity contribution < 1.29 is 28.8 Å². The van der Waals surface area contributed by atoms with Crippen molar-refractivity contribution in [3.8, 4) is 0 Å². The van der Waals surface area contributed by atoms with Gasteiger partial charge in [0.1, 0.15) is 18.1 Å². The number of carbonyl (C=O) groups is 6. The van der Waals surface area contributed by atoms with Crippen LogP contribution in [0.1, 0.15) is 74.1 Å². The molecule has 0 radical (unpaired) electrons. The predicted octanol–water partition coefficient (Wildman–Crippen LogP) is 1.08. The van der Waals surface area contributed by atoms with Gasteiger partial charge in [0.25, 0.3) is 5.91 Å². The molecule has 3 fully saturated rings. The lowest BCUT2D eigenvalue weighted by Crippen LogP contribution is -2.63. The summed E-state index contributed by atoms with van der Waals surface area (Å²) >= 11 is 0. The number of anilines is 1. The maximum Gasteiger partial charge on any atom is 0.316 e. The average molecular weight is 698 g/mol. The van der Waals surface area contributed by atoms with E-state index in [-0.39, 0.29) is 36.1 Å². The smallest absolute Gasteiger partial charge is 0.316 e. The third-order valence-electron chi connectivity index (χ3n) is 10.0. The molecule has 15 nitrogen and oxygen atoms in total. The minimum absolute atomic E-state index is 0.0292. The molecular formula is C35H55N9O6. The molecule has 3 heterocycles. The Hall–Kier alpha value is -4.30. The van der Waals surface area contributed by atoms with E-state index in [2.05, 4.69) is 25.9 Å². The summed E-state index contributed by atoms with van der Waals surface area (Å²) in [5, 5.41) is 8.42. The highest BCUT2D eigenvalue weighted by atomic mass is 16.2. The fraction of sp³-hybridized carbons (Fsp3) is 0.714. The lowest BCUT2D eigenvalue weighted by molar-refractivity contribution is -0.144. The van der Waals surface area contributed by atoms with Gasteiger partial charge in [-0.15, -0.1) is 0 Å². The topological polar surface area (TPSA) is 200 Å². The molecule has 0 aromatic carbocycles. The molecule has 0 bridgehead atoms. The summed E-state index contributed by atoms with van der Waals surface area (Å²) in [4.78, 5) is 93.7. The van der Waals surface area contributed by atoms with E-state index < -0.39 is 59.1 Å². The fourth-order valence-corrected chi connectivity index (χ4v) is 6.86. The van der Waals surface area contributed by atoms with Crippen LogP contribution in [0, 0.1) is 29.1 Å². The minimum Gasteiger partial charge on any atom is -0.363 e. The summed E-state index contributed by atoms with van der Waals surface area (Å²) in [5.74, 6) is -2.73. The number of hydrogen-bond donors (Lipinski definition) is 4. The Morgan fingerprint density at radius 2 is 1.48 bits per heavy atom. The van der Waals surface area contributed by atoms with Crippen molar-refractivity contribution in [3.63, 3.8) is 0 Å². The monoisotopic (exact) mass is 697 g/mol. The molecule has 15 heteroatoms. The van der Waals surface area contributed by atoms with E-state index in [1.54, 1.807) is 23.4 Å². The Labute approximate surface area is 294 Å². The molecule has 0 spiro atoms. The molecule has 5 N–H and O–H groups in total. The number of hydrogen-bond acceptors (Lipinski definition) is 9. The summed E-state index contributed by atoms with van der Waals surface area (Å²) in [6.45, 7) is 15.4. The Morgan fingerprint density at radius 3 is 2.00 bits per heavy atom. The van der Waals surface area contributed by atoms with Gasteiger partial charge in [0.05, 0.1) is 6.04 Å². The van der Waals surface area contributed by atoms with Gasteiger partial charge in [-0.1, -0.05) is 61.3 Å². The molecule has 50 heavy (non-hydrogen) atoms. The SMILES string of the molecule is CC(C)[C@H](NC(=O)N[C@H](C(=O)N1CC[C@H](C(C)C)[C@H]1C(=O)NC(CC1CC1)C(=O)C(N)=O)C(C)(C)C)C(=O)N1CCN(c2ncccn2)CC1. The van der Waals surface area contributed by atoms with Crippen LogP contribution in [0.3, 0.4) is 0 Å². The molecule has 5 atom stereocenters. The Kier molecular flexibility index (Phi) is 12.4. The molecule has 1 aromatic heterocycles. The Morgan fingerprint density at radius 1 is 0.860 bits per heavy atom. The zero-order chi connectivity index (χ0) is 36.9. The van der Waals surface area contributed by atoms with E-state index in [1.165, 1.54) is 4.90 Å². The van der Waals surface area contributed by atoms with E-state index in [4.69, 9.17) is 5.73 Å². The fourth-order valence-electron chi connectivity index (χ4n) is 6.86. The number of nitrogens with zero attached hydrogens (tertiary/aromatic N) is 5. The van der Waals surface area contributed by atoms with Crippen LogP contribution in [0.2, 0.25) is 0 Å². The zero-order valence-electron chi connectivity index (χ0n) is 30.5. The second-order valence-corrected chi connectivity index (χ2v) is 15.6. The second kappa shape index (κ2) is 16.2. The van der Waals surface area contributed by atoms with Crippen molar-refractivity contribution in [2.45, 2.75) is 98.3 Å². The number of urea groups is 1. The Balaban J connectivity index is 1.46. The van der Waals surface area contributed by atoms with Crippen LogP contribution in [-0.4, -0.2) is 112 Å². The zero-order valence-corrected chi connectivity index (χ0v) is 30.5. The third kappa shape index (κ3) is 9.48. The summed E-state index contributed by atoms with van der Waals surface area (Å²) in [7, 11) is 0. The van der Waals surface area contributed by atoms with E-state index in [1.807, 2.05) is 53.4 Å². The summed E-state index contributed by atoms with van der Waals surface area (Å²) in [5.41, 5.74) is 4.54. The highest BCUT2D eigenvalue weighted by Gasteiger charge is 2.48. The first-order chi connectivity index (χ1) is 23.5. The van der Waals surface area contributed by atoms with Crippen molar-refractivity contribution in [3.05, 3.63) is 18.5 Å². The van der Waals surface area contributed by atoms with Crippen LogP contribution >= 0.6 is 0 Å². The van der Waals surface area contributed by atoms with Crippen LogP contribution in [-0.2, 0) is 24.0 Å². The molecular weight excluding hydrogens is 642 g/mol. The van der Waals surface area contributed by atoms with Crippen LogP contribution in [0.4, 0.5) is 10.7 Å². The Bertz CT molecular complexity index is 1400. The number of nitrogens with one attached hydrogen (secondary N) is 3. The number of rotatable bonds is 13. The van der Waals surface area contributed by atoms with Crippen molar-refractivity contribution in [1.82, 2.24) is 35.7 Å². The van der Waals surface area contributed by atoms with E-state index in [9.17, 15) is 28.8 Å². The van der Waals surface area contributed by atoms with Crippen LogP contribution in [0.25, 0.3) is 0 Å². The number of nitrogens with two attached hydrogens (primary N) is 1. The average Bonchev–Trinajstić information content (AvgIpc) is 3.77. The lowest BCUT2D eigenvalue weighted by atomic mass is 9.84. The van der Waals surface area contributed by atoms with Crippen LogP contribution in [0.15, 0.2) is 18.5 Å². The van der Waals surface area contributed by atoms with Crippen LogP contribution in [0.5, 0.6) is 0 Å². The van der Waals surface area contributed by atoms with Gasteiger partial charge >= 0.3 is 6.03 Å². The first-order valence-electron chi connectivity index (χ1n) is 17.8. The van der Waals surface area contributed by atoms with Crippen molar-refractivity contribution >= 4 is 41.4 Å². The van der Waals surface area contributed by atoms with Gasteiger partial charge in [-0.05, 0) is 48.0 Å². The van der Waals surface area contributed by atoms with Gasteiger partial charge in [0.15, 0.2) is 0 Å². The number of aromatic nitrogens is 2. The number of amides is 6. The van der Waals surface area contributed by atoms with Crippen molar-refractivity contribution in [2.75, 3.05) is 37.6 Å². The van der Waals surface area contributed by atoms with Gasteiger partial charge in [0.2, 0.25) is 29.5 Å². The number of Topliss-reactive ketones (excluding diaryl/α,β-unsaturated/α-hetero) is 1. The normalized spacial score (nSPS) is 21.4.